The normalized spacial score (nSPS) is 32.8. The monoisotopic (exact) mass is 431 g/mol. The lowest BCUT2D eigenvalue weighted by atomic mass is 9.89. The van der Waals surface area contributed by atoms with E-state index in [1.807, 2.05) is 20.9 Å². The lowest BCUT2D eigenvalue weighted by molar-refractivity contribution is -0.319. The van der Waals surface area contributed by atoms with Gasteiger partial charge in [0.15, 0.2) is 0 Å². The molecule has 2 saturated heterocycles. The molecule has 0 amide bonds. The highest BCUT2D eigenvalue weighted by atomic mass is 32.3. The van der Waals surface area contributed by atoms with Crippen LogP contribution in [0.5, 0.6) is 0 Å². The van der Waals surface area contributed by atoms with E-state index in [-0.39, 0.29) is 29.7 Å². The number of hydrogen-bond acceptors (Lipinski definition) is 9. The quantitative estimate of drug-likeness (QED) is 0.364. The van der Waals surface area contributed by atoms with Crippen LogP contribution in [0.1, 0.15) is 33.6 Å². The Kier molecular flexibility index (Phi) is 14.0. The van der Waals surface area contributed by atoms with E-state index < -0.39 is 22.5 Å². The van der Waals surface area contributed by atoms with E-state index >= 15 is 0 Å². The molecule has 0 saturated carbocycles. The van der Waals surface area contributed by atoms with Crippen LogP contribution < -0.4 is 10.4 Å². The zero-order valence-electron chi connectivity index (χ0n) is 16.7. The van der Waals surface area contributed by atoms with Gasteiger partial charge in [0, 0.05) is 6.04 Å². The van der Waals surface area contributed by atoms with E-state index in [1.165, 1.54) is 0 Å². The van der Waals surface area contributed by atoms with E-state index in [4.69, 9.17) is 9.47 Å². The summed E-state index contributed by atoms with van der Waals surface area (Å²) in [5.74, 6) is 0.174. The fourth-order valence-electron chi connectivity index (χ4n) is 2.93. The Bertz CT molecular complexity index is 544. The lowest BCUT2D eigenvalue weighted by Gasteiger charge is -2.34. The first-order valence-corrected chi connectivity index (χ1v) is 10.1. The van der Waals surface area contributed by atoms with Crippen LogP contribution in [0.25, 0.3) is 0 Å². The van der Waals surface area contributed by atoms with Gasteiger partial charge in [-0.05, 0) is 37.6 Å². The number of likely N-dealkylation sites (N-methyl/N-ethyl adjacent to an activating group) is 1. The van der Waals surface area contributed by atoms with Crippen molar-refractivity contribution in [1.29, 1.82) is 0 Å². The fourth-order valence-corrected chi connectivity index (χ4v) is 3.25. The van der Waals surface area contributed by atoms with Crippen molar-refractivity contribution >= 4 is 16.4 Å². The topological polar surface area (TPSA) is 200 Å². The number of carbonyl (C=O) groups excluding carboxylic acids is 1. The molecular formula is C16H33NO10S-2. The van der Waals surface area contributed by atoms with Gasteiger partial charge in [-0.3, -0.25) is 4.18 Å². The average Bonchev–Trinajstić information content (AvgIpc) is 2.55. The summed E-state index contributed by atoms with van der Waals surface area (Å²) in [4.78, 5) is 10.4. The SMILES string of the molecule is CC1COC(C(=O)[O-])CC1C.CNC1COC(COS(=O)(=O)[O-])CC1C.O.O. The summed E-state index contributed by atoms with van der Waals surface area (Å²) in [6, 6.07) is 0.269. The summed E-state index contributed by atoms with van der Waals surface area (Å²) in [6.07, 6.45) is 0.277. The van der Waals surface area contributed by atoms with Crippen LogP contribution in [0.3, 0.4) is 0 Å². The van der Waals surface area contributed by atoms with Crippen LogP contribution in [0.15, 0.2) is 0 Å². The first-order valence-electron chi connectivity index (χ1n) is 8.75. The van der Waals surface area contributed by atoms with Crippen LogP contribution >= 0.6 is 0 Å². The Morgan fingerprint density at radius 3 is 2.11 bits per heavy atom. The van der Waals surface area contributed by atoms with Crippen molar-refractivity contribution in [1.82, 2.24) is 5.32 Å². The highest BCUT2D eigenvalue weighted by Crippen LogP contribution is 2.24. The molecule has 2 aliphatic heterocycles. The number of nitrogens with one attached hydrogen (secondary N) is 1. The molecule has 11 nitrogen and oxygen atoms in total. The maximum Gasteiger partial charge on any atom is 0.217 e. The molecule has 6 unspecified atom stereocenters. The van der Waals surface area contributed by atoms with Crippen molar-refractivity contribution in [3.05, 3.63) is 0 Å². The summed E-state index contributed by atoms with van der Waals surface area (Å²) in [6.45, 7) is 7.01. The van der Waals surface area contributed by atoms with Crippen LogP contribution in [-0.4, -0.2) is 75.0 Å². The van der Waals surface area contributed by atoms with Crippen molar-refractivity contribution in [2.45, 2.75) is 51.9 Å². The number of aliphatic carboxylic acids is 1. The Morgan fingerprint density at radius 1 is 1.07 bits per heavy atom. The summed E-state index contributed by atoms with van der Waals surface area (Å²) >= 11 is 0. The smallest absolute Gasteiger partial charge is 0.217 e. The van der Waals surface area contributed by atoms with Gasteiger partial charge < -0.3 is 40.2 Å². The van der Waals surface area contributed by atoms with Gasteiger partial charge in [-0.15, -0.1) is 0 Å². The molecule has 2 aliphatic rings. The molecule has 0 radical (unpaired) electrons. The second kappa shape index (κ2) is 13.4. The molecule has 5 N–H and O–H groups in total. The lowest BCUT2D eigenvalue weighted by Crippen LogP contribution is -2.45. The summed E-state index contributed by atoms with van der Waals surface area (Å²) < 4.78 is 45.3. The summed E-state index contributed by atoms with van der Waals surface area (Å²) in [7, 11) is -2.76. The van der Waals surface area contributed by atoms with Crippen LogP contribution in [0.4, 0.5) is 0 Å². The molecule has 0 bridgehead atoms. The standard InChI is InChI=1S/C8H17NO5S.C8H14O3.2H2O/c1-6-3-7(4-14-15(10,11)12)13-5-8(6)9-2;1-5-3-7(8(9)10)11-4-6(5)2;;/h6-9H,3-5H2,1-2H3,(H,10,11,12);5-7H,3-4H2,1-2H3,(H,9,10);2*1H2/p-2. The van der Waals surface area contributed by atoms with E-state index in [0.717, 1.165) is 0 Å². The third-order valence-electron chi connectivity index (χ3n) is 4.98. The zero-order chi connectivity index (χ0) is 19.9. The van der Waals surface area contributed by atoms with Gasteiger partial charge in [0.1, 0.15) is 0 Å². The van der Waals surface area contributed by atoms with Crippen molar-refractivity contribution in [3.8, 4) is 0 Å². The minimum atomic E-state index is -4.61. The Hall–Kier alpha value is -0.860. The van der Waals surface area contributed by atoms with Crippen molar-refractivity contribution in [3.63, 3.8) is 0 Å². The number of hydrogen-bond donors (Lipinski definition) is 1. The number of carboxylic acids is 1. The average molecular weight is 432 g/mol. The van der Waals surface area contributed by atoms with Gasteiger partial charge >= 0.3 is 0 Å². The first-order chi connectivity index (χ1) is 12.0. The number of ether oxygens (including phenoxy) is 2. The molecule has 0 aromatic heterocycles. The second-order valence-corrected chi connectivity index (χ2v) is 8.14. The molecule has 170 valence electrons. The van der Waals surface area contributed by atoms with Gasteiger partial charge in [-0.1, -0.05) is 20.8 Å². The molecule has 2 rings (SSSR count). The predicted octanol–water partition coefficient (Wildman–Crippen LogP) is -2.38. The first kappa shape index (κ1) is 29.3. The van der Waals surface area contributed by atoms with E-state index in [0.29, 0.717) is 43.8 Å². The maximum absolute atomic E-state index is 10.4. The molecule has 0 spiro atoms. The van der Waals surface area contributed by atoms with Gasteiger partial charge in [-0.25, -0.2) is 8.42 Å². The second-order valence-electron chi connectivity index (χ2n) is 7.09. The highest BCUT2D eigenvalue weighted by molar-refractivity contribution is 7.80. The van der Waals surface area contributed by atoms with Crippen molar-refractivity contribution in [2.24, 2.45) is 17.8 Å². The minimum absolute atomic E-state index is 0. The van der Waals surface area contributed by atoms with Gasteiger partial charge in [0.25, 0.3) is 0 Å². The van der Waals surface area contributed by atoms with E-state index in [1.54, 1.807) is 0 Å². The molecule has 0 aromatic rings. The Balaban J connectivity index is 0. The molecule has 0 aliphatic carbocycles. The largest absolute Gasteiger partial charge is 0.726 e. The number of rotatable bonds is 5. The molecular weight excluding hydrogens is 398 g/mol. The maximum atomic E-state index is 10.4. The van der Waals surface area contributed by atoms with Crippen molar-refractivity contribution in [2.75, 3.05) is 26.9 Å². The third kappa shape index (κ3) is 10.6. The fraction of sp³-hybridized carbons (Fsp3) is 0.938. The van der Waals surface area contributed by atoms with E-state index in [9.17, 15) is 22.9 Å². The van der Waals surface area contributed by atoms with Gasteiger partial charge in [0.05, 0.1) is 38.0 Å². The zero-order valence-corrected chi connectivity index (χ0v) is 17.5. The summed E-state index contributed by atoms with van der Waals surface area (Å²) in [5, 5.41) is 13.5. The van der Waals surface area contributed by atoms with Crippen LogP contribution in [0, 0.1) is 17.8 Å². The van der Waals surface area contributed by atoms with Crippen molar-refractivity contribution < 1.29 is 47.5 Å². The predicted molar refractivity (Wildman–Crippen MR) is 96.9 cm³/mol. The van der Waals surface area contributed by atoms with Gasteiger partial charge in [-0.2, -0.15) is 0 Å². The highest BCUT2D eigenvalue weighted by Gasteiger charge is 2.27. The number of carboxylic acid groups (broad SMARTS) is 1. The Labute approximate surface area is 166 Å². The molecule has 2 fully saturated rings. The Morgan fingerprint density at radius 2 is 1.68 bits per heavy atom. The minimum Gasteiger partial charge on any atom is -0.726 e. The number of carbonyl (C=O) groups is 1. The van der Waals surface area contributed by atoms with Crippen LogP contribution in [0.2, 0.25) is 0 Å². The molecule has 12 heteroatoms. The third-order valence-corrected chi connectivity index (χ3v) is 5.41. The molecule has 0 aromatic carbocycles. The molecule has 6 atom stereocenters. The molecule has 28 heavy (non-hydrogen) atoms. The molecule has 2 heterocycles. The van der Waals surface area contributed by atoms with Crippen LogP contribution in [-0.2, 0) is 28.9 Å². The van der Waals surface area contributed by atoms with Gasteiger partial charge in [0.2, 0.25) is 10.4 Å². The van der Waals surface area contributed by atoms with E-state index in [2.05, 4.69) is 16.4 Å². The summed E-state index contributed by atoms with van der Waals surface area (Å²) in [5.41, 5.74) is 0.